The molecule has 0 saturated heterocycles. The summed E-state index contributed by atoms with van der Waals surface area (Å²) in [6, 6.07) is 15.1. The fourth-order valence-corrected chi connectivity index (χ4v) is 2.17. The van der Waals surface area contributed by atoms with Crippen LogP contribution in [0.15, 0.2) is 48.5 Å². The van der Waals surface area contributed by atoms with Crippen molar-refractivity contribution in [3.8, 4) is 5.75 Å². The van der Waals surface area contributed by atoms with Gasteiger partial charge in [0, 0.05) is 11.1 Å². The molecule has 0 aliphatic heterocycles. The fourth-order valence-electron chi connectivity index (χ4n) is 2.17. The van der Waals surface area contributed by atoms with E-state index in [0.717, 1.165) is 16.9 Å². The Kier molecular flexibility index (Phi) is 4.41. The quantitative estimate of drug-likeness (QED) is 0.922. The van der Waals surface area contributed by atoms with E-state index in [-0.39, 0.29) is 11.9 Å². The largest absolute Gasteiger partial charge is 0.496 e. The summed E-state index contributed by atoms with van der Waals surface area (Å²) in [4.78, 5) is 12.2. The molecule has 0 aliphatic carbocycles. The first-order valence-corrected chi connectivity index (χ1v) is 6.62. The van der Waals surface area contributed by atoms with Crippen LogP contribution in [0.3, 0.4) is 0 Å². The maximum atomic E-state index is 12.2. The van der Waals surface area contributed by atoms with Gasteiger partial charge in [-0.05, 0) is 32.0 Å². The van der Waals surface area contributed by atoms with Gasteiger partial charge in [-0.25, -0.2) is 0 Å². The predicted octanol–water partition coefficient (Wildman–Crippen LogP) is 3.49. The Morgan fingerprint density at radius 3 is 2.60 bits per heavy atom. The van der Waals surface area contributed by atoms with Crippen molar-refractivity contribution < 1.29 is 9.53 Å². The molecule has 2 aromatic carbocycles. The van der Waals surface area contributed by atoms with Gasteiger partial charge in [0.15, 0.2) is 0 Å². The van der Waals surface area contributed by atoms with Crippen molar-refractivity contribution in [1.82, 2.24) is 5.32 Å². The summed E-state index contributed by atoms with van der Waals surface area (Å²) in [5.41, 5.74) is 2.71. The Labute approximate surface area is 119 Å². The summed E-state index contributed by atoms with van der Waals surface area (Å²) in [6.45, 7) is 3.92. The van der Waals surface area contributed by atoms with Gasteiger partial charge < -0.3 is 10.1 Å². The Balaban J connectivity index is 2.15. The molecule has 1 amide bonds. The zero-order chi connectivity index (χ0) is 14.5. The molecule has 0 spiro atoms. The standard InChI is InChI=1S/C17H19NO2/c1-12-7-6-8-14(11-12)17(19)18-13(2)15-9-4-5-10-16(15)20-3/h4-11,13H,1-3H3,(H,18,19)/t13-/m1/s1. The first-order valence-electron chi connectivity index (χ1n) is 6.62. The normalized spacial score (nSPS) is 11.8. The number of nitrogens with one attached hydrogen (secondary N) is 1. The van der Waals surface area contributed by atoms with Gasteiger partial charge >= 0.3 is 0 Å². The molecule has 2 rings (SSSR count). The molecular weight excluding hydrogens is 250 g/mol. The van der Waals surface area contributed by atoms with E-state index >= 15 is 0 Å². The molecule has 0 bridgehead atoms. The average Bonchev–Trinajstić information content (AvgIpc) is 2.47. The number of hydrogen-bond donors (Lipinski definition) is 1. The molecule has 0 heterocycles. The van der Waals surface area contributed by atoms with Crippen molar-refractivity contribution >= 4 is 5.91 Å². The SMILES string of the molecule is COc1ccccc1[C@@H](C)NC(=O)c1cccc(C)c1. The summed E-state index contributed by atoms with van der Waals surface area (Å²) < 4.78 is 5.32. The van der Waals surface area contributed by atoms with Crippen molar-refractivity contribution in [2.45, 2.75) is 19.9 Å². The summed E-state index contributed by atoms with van der Waals surface area (Å²) >= 11 is 0. The molecule has 1 N–H and O–H groups in total. The zero-order valence-electron chi connectivity index (χ0n) is 12.0. The van der Waals surface area contributed by atoms with Crippen molar-refractivity contribution in [2.75, 3.05) is 7.11 Å². The summed E-state index contributed by atoms with van der Waals surface area (Å²) in [5, 5.41) is 3.00. The number of benzene rings is 2. The van der Waals surface area contributed by atoms with Crippen LogP contribution in [0.4, 0.5) is 0 Å². The maximum absolute atomic E-state index is 12.2. The Morgan fingerprint density at radius 2 is 1.90 bits per heavy atom. The monoisotopic (exact) mass is 269 g/mol. The molecular formula is C17H19NO2. The van der Waals surface area contributed by atoms with Crippen molar-refractivity contribution in [2.24, 2.45) is 0 Å². The number of amides is 1. The van der Waals surface area contributed by atoms with Crippen LogP contribution in [0, 0.1) is 6.92 Å². The number of rotatable bonds is 4. The third-order valence-electron chi connectivity index (χ3n) is 3.23. The molecule has 3 nitrogen and oxygen atoms in total. The summed E-state index contributed by atoms with van der Waals surface area (Å²) in [7, 11) is 1.63. The lowest BCUT2D eigenvalue weighted by Gasteiger charge is -2.17. The second-order valence-electron chi connectivity index (χ2n) is 4.81. The van der Waals surface area contributed by atoms with E-state index in [0.29, 0.717) is 5.56 Å². The lowest BCUT2D eigenvalue weighted by Crippen LogP contribution is -2.26. The minimum atomic E-state index is -0.112. The highest BCUT2D eigenvalue weighted by Gasteiger charge is 2.14. The van der Waals surface area contributed by atoms with Crippen molar-refractivity contribution in [1.29, 1.82) is 0 Å². The van der Waals surface area contributed by atoms with E-state index in [4.69, 9.17) is 4.74 Å². The Morgan fingerprint density at radius 1 is 1.15 bits per heavy atom. The zero-order valence-corrected chi connectivity index (χ0v) is 12.0. The highest BCUT2D eigenvalue weighted by molar-refractivity contribution is 5.94. The molecule has 20 heavy (non-hydrogen) atoms. The van der Waals surface area contributed by atoms with E-state index < -0.39 is 0 Å². The Hall–Kier alpha value is -2.29. The number of carbonyl (C=O) groups is 1. The number of para-hydroxylation sites is 1. The second-order valence-corrected chi connectivity index (χ2v) is 4.81. The smallest absolute Gasteiger partial charge is 0.251 e. The molecule has 1 atom stereocenters. The molecule has 0 aliphatic rings. The highest BCUT2D eigenvalue weighted by Crippen LogP contribution is 2.24. The lowest BCUT2D eigenvalue weighted by atomic mass is 10.1. The van der Waals surface area contributed by atoms with Crippen LogP contribution >= 0.6 is 0 Å². The van der Waals surface area contributed by atoms with E-state index in [1.807, 2.05) is 62.4 Å². The maximum Gasteiger partial charge on any atom is 0.251 e. The molecule has 0 unspecified atom stereocenters. The lowest BCUT2D eigenvalue weighted by molar-refractivity contribution is 0.0939. The van der Waals surface area contributed by atoms with Gasteiger partial charge in [-0.15, -0.1) is 0 Å². The van der Waals surface area contributed by atoms with Crippen molar-refractivity contribution in [3.63, 3.8) is 0 Å². The van der Waals surface area contributed by atoms with E-state index in [9.17, 15) is 4.79 Å². The molecule has 104 valence electrons. The minimum Gasteiger partial charge on any atom is -0.496 e. The van der Waals surface area contributed by atoms with Crippen LogP contribution in [0.2, 0.25) is 0 Å². The van der Waals surface area contributed by atoms with E-state index in [2.05, 4.69) is 5.32 Å². The first kappa shape index (κ1) is 14.1. The predicted molar refractivity (Wildman–Crippen MR) is 80.1 cm³/mol. The topological polar surface area (TPSA) is 38.3 Å². The van der Waals surface area contributed by atoms with Crippen LogP contribution < -0.4 is 10.1 Å². The number of hydrogen-bond acceptors (Lipinski definition) is 2. The van der Waals surface area contributed by atoms with Crippen LogP contribution in [0.25, 0.3) is 0 Å². The summed E-state index contributed by atoms with van der Waals surface area (Å²) in [6.07, 6.45) is 0. The van der Waals surface area contributed by atoms with E-state index in [1.165, 1.54) is 0 Å². The van der Waals surface area contributed by atoms with Gasteiger partial charge in [-0.3, -0.25) is 4.79 Å². The van der Waals surface area contributed by atoms with Gasteiger partial charge in [0.1, 0.15) is 5.75 Å². The molecule has 0 fully saturated rings. The number of carbonyl (C=O) groups excluding carboxylic acids is 1. The third-order valence-corrected chi connectivity index (χ3v) is 3.23. The van der Waals surface area contributed by atoms with Crippen LogP contribution in [-0.4, -0.2) is 13.0 Å². The van der Waals surface area contributed by atoms with Gasteiger partial charge in [0.25, 0.3) is 5.91 Å². The van der Waals surface area contributed by atoms with Gasteiger partial charge in [-0.1, -0.05) is 35.9 Å². The second kappa shape index (κ2) is 6.24. The fraction of sp³-hybridized carbons (Fsp3) is 0.235. The first-order chi connectivity index (χ1) is 9.61. The van der Waals surface area contributed by atoms with Crippen LogP contribution in [0.5, 0.6) is 5.75 Å². The third kappa shape index (κ3) is 3.18. The average molecular weight is 269 g/mol. The molecule has 0 radical (unpaired) electrons. The summed E-state index contributed by atoms with van der Waals surface area (Å²) in [5.74, 6) is 0.705. The minimum absolute atomic E-state index is 0.0768. The van der Waals surface area contributed by atoms with Gasteiger partial charge in [0.2, 0.25) is 0 Å². The molecule has 0 aromatic heterocycles. The molecule has 3 heteroatoms. The van der Waals surface area contributed by atoms with Crippen LogP contribution in [0.1, 0.15) is 34.5 Å². The highest BCUT2D eigenvalue weighted by atomic mass is 16.5. The van der Waals surface area contributed by atoms with Gasteiger partial charge in [-0.2, -0.15) is 0 Å². The molecule has 0 saturated carbocycles. The number of methoxy groups -OCH3 is 1. The van der Waals surface area contributed by atoms with Crippen LogP contribution in [-0.2, 0) is 0 Å². The number of aryl methyl sites for hydroxylation is 1. The van der Waals surface area contributed by atoms with E-state index in [1.54, 1.807) is 7.11 Å². The van der Waals surface area contributed by atoms with Gasteiger partial charge in [0.05, 0.1) is 13.2 Å². The van der Waals surface area contributed by atoms with Crippen molar-refractivity contribution in [3.05, 3.63) is 65.2 Å². The Bertz CT molecular complexity index is 607. The molecule has 2 aromatic rings. The number of ether oxygens (including phenoxy) is 1.